The van der Waals surface area contributed by atoms with Gasteiger partial charge in [-0.25, -0.2) is 4.79 Å². The van der Waals surface area contributed by atoms with E-state index in [4.69, 9.17) is 33.2 Å². The summed E-state index contributed by atoms with van der Waals surface area (Å²) in [4.78, 5) is 49.7. The minimum atomic E-state index is -0.821. The van der Waals surface area contributed by atoms with Gasteiger partial charge in [0, 0.05) is 12.5 Å². The third-order valence-electron chi connectivity index (χ3n) is 7.79. The zero-order chi connectivity index (χ0) is 36.1. The average Bonchev–Trinajstić information content (AvgIpc) is 3.38. The Balaban J connectivity index is 1.45. The molecule has 0 radical (unpaired) electrons. The van der Waals surface area contributed by atoms with E-state index >= 15 is 0 Å². The molecular weight excluding hydrogens is 636 g/mol. The molecule has 3 atom stereocenters. The van der Waals surface area contributed by atoms with Crippen LogP contribution in [0.3, 0.4) is 0 Å². The molecule has 2 amide bonds. The van der Waals surface area contributed by atoms with Crippen molar-refractivity contribution in [2.75, 3.05) is 47.7 Å². The number of hydrogen-bond donors (Lipinski definition) is 2. The first-order valence-electron chi connectivity index (χ1n) is 16.3. The summed E-state index contributed by atoms with van der Waals surface area (Å²) in [7, 11) is 4.70. The molecule has 13 heteroatoms. The highest BCUT2D eigenvalue weighted by Crippen LogP contribution is 2.35. The van der Waals surface area contributed by atoms with Gasteiger partial charge in [0.25, 0.3) is 0 Å². The van der Waals surface area contributed by atoms with E-state index in [2.05, 4.69) is 10.6 Å². The maximum Gasteiger partial charge on any atom is 0.408 e. The number of alkyl carbamates (subject to hydrolysis) is 1. The van der Waals surface area contributed by atoms with Crippen molar-refractivity contribution >= 4 is 23.9 Å². The second-order valence-corrected chi connectivity index (χ2v) is 13.1. The minimum absolute atomic E-state index is 0.0129. The van der Waals surface area contributed by atoms with Gasteiger partial charge in [-0.1, -0.05) is 26.0 Å². The fourth-order valence-corrected chi connectivity index (χ4v) is 5.32. The molecule has 0 saturated carbocycles. The van der Waals surface area contributed by atoms with Crippen molar-refractivity contribution in [2.24, 2.45) is 17.8 Å². The quantitative estimate of drug-likeness (QED) is 0.139. The van der Waals surface area contributed by atoms with Gasteiger partial charge in [0.2, 0.25) is 5.91 Å². The van der Waals surface area contributed by atoms with Gasteiger partial charge >= 0.3 is 18.0 Å². The molecule has 49 heavy (non-hydrogen) atoms. The van der Waals surface area contributed by atoms with Crippen molar-refractivity contribution < 1.29 is 52.3 Å². The van der Waals surface area contributed by atoms with Gasteiger partial charge in [0.05, 0.1) is 40.3 Å². The fourth-order valence-electron chi connectivity index (χ4n) is 5.32. The third kappa shape index (κ3) is 12.1. The molecule has 1 fully saturated rings. The standard InChI is InChI=1S/C36H50N2O11/c1-22(2)32(38-35(42)49-36(3,4)5)33(40)37-14-13-31(39)47-16-15-46-28-12-10-24(20-30(28)45-8)18-26-25(21-48-34(26)41)17-23-9-11-27(43-6)29(19-23)44-7/h9-12,19-20,22,25-26,32H,13-18,21H2,1-8H3,(H,37,40)(H,38,42)/t25?,26?,32-/m0/s1. The van der Waals surface area contributed by atoms with Crippen molar-refractivity contribution in [3.05, 3.63) is 47.5 Å². The van der Waals surface area contributed by atoms with Gasteiger partial charge in [-0.3, -0.25) is 14.4 Å². The molecular formula is C36H50N2O11. The number of carbonyl (C=O) groups excluding carboxylic acids is 4. The van der Waals surface area contributed by atoms with E-state index in [1.807, 2.05) is 30.3 Å². The molecule has 3 rings (SSSR count). The first-order valence-corrected chi connectivity index (χ1v) is 16.3. The molecule has 13 nitrogen and oxygen atoms in total. The van der Waals surface area contributed by atoms with Crippen LogP contribution in [0.25, 0.3) is 0 Å². The summed E-state index contributed by atoms with van der Waals surface area (Å²) < 4.78 is 38.0. The lowest BCUT2D eigenvalue weighted by Gasteiger charge is -2.25. The van der Waals surface area contributed by atoms with E-state index in [0.717, 1.165) is 11.1 Å². The molecule has 2 unspecified atom stereocenters. The van der Waals surface area contributed by atoms with Gasteiger partial charge in [0.1, 0.15) is 24.9 Å². The van der Waals surface area contributed by atoms with E-state index in [0.29, 0.717) is 42.4 Å². The lowest BCUT2D eigenvalue weighted by Crippen LogP contribution is -2.51. The van der Waals surface area contributed by atoms with Crippen LogP contribution in [0.1, 0.15) is 52.2 Å². The number of rotatable bonds is 17. The first-order chi connectivity index (χ1) is 23.2. The van der Waals surface area contributed by atoms with E-state index in [1.54, 1.807) is 54.9 Å². The molecule has 1 heterocycles. The predicted molar refractivity (Wildman–Crippen MR) is 180 cm³/mol. The zero-order valence-electron chi connectivity index (χ0n) is 29.7. The summed E-state index contributed by atoms with van der Waals surface area (Å²) in [5.74, 6) is 0.499. The van der Waals surface area contributed by atoms with Crippen LogP contribution in [0.4, 0.5) is 4.79 Å². The average molecular weight is 687 g/mol. The Labute approximate surface area is 288 Å². The predicted octanol–water partition coefficient (Wildman–Crippen LogP) is 4.26. The van der Waals surface area contributed by atoms with Crippen LogP contribution < -0.4 is 29.6 Å². The van der Waals surface area contributed by atoms with Gasteiger partial charge in [-0.15, -0.1) is 0 Å². The van der Waals surface area contributed by atoms with Gasteiger partial charge in [-0.2, -0.15) is 0 Å². The second kappa shape index (κ2) is 18.2. The van der Waals surface area contributed by atoms with E-state index in [1.165, 1.54) is 7.11 Å². The Morgan fingerprint density at radius 1 is 0.878 bits per heavy atom. The number of amides is 2. The molecule has 2 aromatic rings. The summed E-state index contributed by atoms with van der Waals surface area (Å²) in [6.07, 6.45) is 0.361. The molecule has 0 aromatic heterocycles. The third-order valence-corrected chi connectivity index (χ3v) is 7.79. The smallest absolute Gasteiger partial charge is 0.408 e. The highest BCUT2D eigenvalue weighted by molar-refractivity contribution is 5.86. The van der Waals surface area contributed by atoms with Crippen LogP contribution in [0.2, 0.25) is 0 Å². The number of cyclic esters (lactones) is 1. The van der Waals surface area contributed by atoms with Crippen LogP contribution in [0, 0.1) is 17.8 Å². The molecule has 0 spiro atoms. The normalized spacial score (nSPS) is 16.3. The molecule has 2 N–H and O–H groups in total. The van der Waals surface area contributed by atoms with Crippen LogP contribution in [0.15, 0.2) is 36.4 Å². The summed E-state index contributed by atoms with van der Waals surface area (Å²) in [6, 6.07) is 10.4. The van der Waals surface area contributed by atoms with Crippen molar-refractivity contribution in [2.45, 2.75) is 65.5 Å². The summed E-state index contributed by atoms with van der Waals surface area (Å²) in [5, 5.41) is 5.23. The Kier molecular flexibility index (Phi) is 14.4. The summed E-state index contributed by atoms with van der Waals surface area (Å²) in [5.41, 5.74) is 1.21. The second-order valence-electron chi connectivity index (χ2n) is 13.1. The minimum Gasteiger partial charge on any atom is -0.493 e. The molecule has 1 saturated heterocycles. The Morgan fingerprint density at radius 3 is 2.10 bits per heavy atom. The van der Waals surface area contributed by atoms with E-state index in [9.17, 15) is 19.2 Å². The van der Waals surface area contributed by atoms with Crippen LogP contribution >= 0.6 is 0 Å². The van der Waals surface area contributed by atoms with E-state index < -0.39 is 29.6 Å². The number of carbonyl (C=O) groups is 4. The van der Waals surface area contributed by atoms with Crippen LogP contribution in [-0.4, -0.2) is 83.3 Å². The molecule has 1 aliphatic heterocycles. The summed E-state index contributed by atoms with van der Waals surface area (Å²) >= 11 is 0. The molecule has 1 aliphatic rings. The summed E-state index contributed by atoms with van der Waals surface area (Å²) in [6.45, 7) is 9.22. The van der Waals surface area contributed by atoms with Crippen LogP contribution in [-0.2, 0) is 41.4 Å². The van der Waals surface area contributed by atoms with Crippen molar-refractivity contribution in [1.29, 1.82) is 0 Å². The maximum absolute atomic E-state index is 12.7. The maximum atomic E-state index is 12.7. The largest absolute Gasteiger partial charge is 0.493 e. The molecule has 0 aliphatic carbocycles. The van der Waals surface area contributed by atoms with Gasteiger partial charge < -0.3 is 43.8 Å². The number of hydrogen-bond acceptors (Lipinski definition) is 11. The fraction of sp³-hybridized carbons (Fsp3) is 0.556. The van der Waals surface area contributed by atoms with Crippen molar-refractivity contribution in [3.8, 4) is 23.0 Å². The Hall–Kier alpha value is -4.68. The SMILES string of the molecule is COc1ccc(CC2COC(=O)C2Cc2ccc(OCCOC(=O)CCNC(=O)[C@@H](NC(=O)OC(C)(C)C)C(C)C)c(OC)c2)cc1OC. The Bertz CT molecular complexity index is 1440. The number of ether oxygens (including phenoxy) is 7. The number of benzene rings is 2. The van der Waals surface area contributed by atoms with E-state index in [-0.39, 0.29) is 49.9 Å². The lowest BCUT2D eigenvalue weighted by molar-refractivity contribution is -0.144. The zero-order valence-corrected chi connectivity index (χ0v) is 29.7. The topological polar surface area (TPSA) is 157 Å². The number of esters is 2. The monoisotopic (exact) mass is 686 g/mol. The highest BCUT2D eigenvalue weighted by Gasteiger charge is 2.37. The lowest BCUT2D eigenvalue weighted by atomic mass is 9.85. The van der Waals surface area contributed by atoms with Gasteiger partial charge in [-0.05, 0) is 74.9 Å². The van der Waals surface area contributed by atoms with Crippen molar-refractivity contribution in [3.63, 3.8) is 0 Å². The number of methoxy groups -OCH3 is 3. The van der Waals surface area contributed by atoms with Crippen LogP contribution in [0.5, 0.6) is 23.0 Å². The highest BCUT2D eigenvalue weighted by atomic mass is 16.6. The van der Waals surface area contributed by atoms with Crippen molar-refractivity contribution in [1.82, 2.24) is 10.6 Å². The number of nitrogens with one attached hydrogen (secondary N) is 2. The Morgan fingerprint density at radius 2 is 1.49 bits per heavy atom. The molecule has 270 valence electrons. The molecule has 0 bridgehead atoms. The molecule has 2 aromatic carbocycles. The first kappa shape index (κ1) is 38.8. The van der Waals surface area contributed by atoms with Gasteiger partial charge in [0.15, 0.2) is 23.0 Å².